The minimum Gasteiger partial charge on any atom is -0.497 e. The molecule has 0 saturated carbocycles. The van der Waals surface area contributed by atoms with Crippen LogP contribution in [-0.2, 0) is 24.0 Å². The number of likely N-dealkylation sites (tertiary alicyclic amines) is 1. The van der Waals surface area contributed by atoms with Crippen LogP contribution in [0.3, 0.4) is 0 Å². The van der Waals surface area contributed by atoms with E-state index in [4.69, 9.17) is 9.84 Å². The van der Waals surface area contributed by atoms with E-state index in [1.165, 1.54) is 18.9 Å². The van der Waals surface area contributed by atoms with E-state index < -0.39 is 54.3 Å². The van der Waals surface area contributed by atoms with Gasteiger partial charge in [-0.25, -0.2) is 0 Å². The van der Waals surface area contributed by atoms with Gasteiger partial charge >= 0.3 is 5.97 Å². The molecule has 4 amide bonds. The number of rotatable bonds is 11. The van der Waals surface area contributed by atoms with E-state index >= 15 is 0 Å². The lowest BCUT2D eigenvalue weighted by molar-refractivity contribution is -0.142. The molecule has 1 heterocycles. The van der Waals surface area contributed by atoms with Gasteiger partial charge in [0.1, 0.15) is 24.1 Å². The number of nitrogens with one attached hydrogen (secondary N) is 3. The number of hydrogen-bond donors (Lipinski definition) is 4. The van der Waals surface area contributed by atoms with Crippen LogP contribution in [0.2, 0.25) is 0 Å². The molecule has 0 unspecified atom stereocenters. The van der Waals surface area contributed by atoms with Crippen molar-refractivity contribution in [1.82, 2.24) is 20.9 Å². The van der Waals surface area contributed by atoms with Crippen molar-refractivity contribution in [1.29, 1.82) is 0 Å². The summed E-state index contributed by atoms with van der Waals surface area (Å²) in [6.07, 6.45) is -0.241. The van der Waals surface area contributed by atoms with Gasteiger partial charge in [-0.15, -0.1) is 0 Å². The molecule has 4 atom stereocenters. The molecule has 2 rings (SSSR count). The van der Waals surface area contributed by atoms with E-state index in [0.717, 1.165) is 0 Å². The first kappa shape index (κ1) is 28.3. The SMILES string of the molecule is COc1ccc(C(=O)N[C@H](C(=O)N2C[C@H](NC(C)=O)C[C@H]2C(=O)N[C@H](C=O)CC(=O)O)C(C)C)cc1. The molecule has 0 radical (unpaired) electrons. The molecule has 1 aromatic carbocycles. The molecule has 0 aliphatic carbocycles. The van der Waals surface area contributed by atoms with Gasteiger partial charge in [-0.2, -0.15) is 0 Å². The molecular formula is C24H32N4O8. The molecule has 0 aromatic heterocycles. The van der Waals surface area contributed by atoms with Crippen molar-refractivity contribution in [3.05, 3.63) is 29.8 Å². The summed E-state index contributed by atoms with van der Waals surface area (Å²) in [7, 11) is 1.50. The molecule has 1 saturated heterocycles. The Kier molecular flexibility index (Phi) is 9.94. The van der Waals surface area contributed by atoms with Gasteiger partial charge in [-0.3, -0.25) is 24.0 Å². The zero-order valence-electron chi connectivity index (χ0n) is 20.6. The molecule has 1 aliphatic heterocycles. The third-order valence-corrected chi connectivity index (χ3v) is 5.75. The van der Waals surface area contributed by atoms with Crippen LogP contribution in [0.4, 0.5) is 0 Å². The van der Waals surface area contributed by atoms with E-state index in [9.17, 15) is 28.8 Å². The molecule has 12 heteroatoms. The number of aliphatic carboxylic acids is 1. The van der Waals surface area contributed by atoms with Crippen LogP contribution in [-0.4, -0.2) is 83.7 Å². The van der Waals surface area contributed by atoms with Gasteiger partial charge in [0.05, 0.1) is 19.6 Å². The van der Waals surface area contributed by atoms with E-state index in [1.807, 2.05) is 0 Å². The van der Waals surface area contributed by atoms with E-state index in [0.29, 0.717) is 17.6 Å². The van der Waals surface area contributed by atoms with Crippen molar-refractivity contribution in [2.45, 2.75) is 57.8 Å². The number of hydrogen-bond acceptors (Lipinski definition) is 7. The summed E-state index contributed by atoms with van der Waals surface area (Å²) in [4.78, 5) is 74.4. The number of aldehydes is 1. The van der Waals surface area contributed by atoms with Crippen LogP contribution in [0, 0.1) is 5.92 Å². The van der Waals surface area contributed by atoms with Gasteiger partial charge in [0.2, 0.25) is 17.7 Å². The Morgan fingerprint density at radius 1 is 1.14 bits per heavy atom. The van der Waals surface area contributed by atoms with Crippen molar-refractivity contribution in [2.75, 3.05) is 13.7 Å². The molecule has 0 bridgehead atoms. The van der Waals surface area contributed by atoms with Gasteiger partial charge in [-0.1, -0.05) is 13.8 Å². The Morgan fingerprint density at radius 3 is 2.28 bits per heavy atom. The molecule has 12 nitrogen and oxygen atoms in total. The summed E-state index contributed by atoms with van der Waals surface area (Å²) in [6, 6.07) is 2.44. The maximum absolute atomic E-state index is 13.6. The number of ether oxygens (including phenoxy) is 1. The van der Waals surface area contributed by atoms with E-state index in [1.54, 1.807) is 38.1 Å². The van der Waals surface area contributed by atoms with Crippen LogP contribution < -0.4 is 20.7 Å². The molecule has 196 valence electrons. The standard InChI is InChI=1S/C24H32N4O8/c1-13(2)21(27-22(33)15-5-7-18(36-4)8-6-15)24(35)28-11-16(25-14(3)30)9-19(28)23(34)26-17(12-29)10-20(31)32/h5-8,12-13,16-17,19,21H,9-11H2,1-4H3,(H,25,30)(H,26,34)(H,27,33)(H,31,32)/t16-,17+,19+,21+/m1/s1. The largest absolute Gasteiger partial charge is 0.497 e. The molecule has 0 spiro atoms. The van der Waals surface area contributed by atoms with Crippen LogP contribution in [0.1, 0.15) is 44.0 Å². The summed E-state index contributed by atoms with van der Waals surface area (Å²) >= 11 is 0. The smallest absolute Gasteiger partial charge is 0.305 e. The van der Waals surface area contributed by atoms with Gasteiger partial charge in [0.25, 0.3) is 5.91 Å². The fraction of sp³-hybridized carbons (Fsp3) is 0.500. The predicted octanol–water partition coefficient (Wildman–Crippen LogP) is -0.286. The van der Waals surface area contributed by atoms with Crippen LogP contribution in [0.5, 0.6) is 5.75 Å². The molecule has 4 N–H and O–H groups in total. The summed E-state index contributed by atoms with van der Waals surface area (Å²) in [5.74, 6) is -3.17. The Hall–Kier alpha value is -3.96. The molecular weight excluding hydrogens is 472 g/mol. The quantitative estimate of drug-likeness (QED) is 0.298. The first-order valence-corrected chi connectivity index (χ1v) is 11.5. The Balaban J connectivity index is 2.25. The highest BCUT2D eigenvalue weighted by atomic mass is 16.5. The van der Waals surface area contributed by atoms with Gasteiger partial charge in [0.15, 0.2) is 0 Å². The number of carbonyl (C=O) groups excluding carboxylic acids is 5. The molecule has 1 aliphatic rings. The fourth-order valence-electron chi connectivity index (χ4n) is 3.98. The highest BCUT2D eigenvalue weighted by molar-refractivity contribution is 5.99. The van der Waals surface area contributed by atoms with Gasteiger partial charge in [0, 0.05) is 25.1 Å². The zero-order valence-corrected chi connectivity index (χ0v) is 20.6. The van der Waals surface area contributed by atoms with Crippen molar-refractivity contribution in [3.63, 3.8) is 0 Å². The third kappa shape index (κ3) is 7.52. The van der Waals surface area contributed by atoms with E-state index in [-0.39, 0.29) is 24.8 Å². The lowest BCUT2D eigenvalue weighted by Gasteiger charge is -2.30. The highest BCUT2D eigenvalue weighted by Gasteiger charge is 2.43. The minimum absolute atomic E-state index is 0.00279. The van der Waals surface area contributed by atoms with Gasteiger partial charge in [-0.05, 0) is 36.6 Å². The summed E-state index contributed by atoms with van der Waals surface area (Å²) in [5.41, 5.74) is 0.309. The Morgan fingerprint density at radius 2 is 1.78 bits per heavy atom. The second-order valence-electron chi connectivity index (χ2n) is 8.91. The van der Waals surface area contributed by atoms with Crippen molar-refractivity contribution >= 4 is 35.9 Å². The van der Waals surface area contributed by atoms with Gasteiger partial charge < -0.3 is 35.5 Å². The maximum Gasteiger partial charge on any atom is 0.305 e. The zero-order chi connectivity index (χ0) is 27.0. The monoisotopic (exact) mass is 504 g/mol. The summed E-state index contributed by atoms with van der Waals surface area (Å²) < 4.78 is 5.09. The lowest BCUT2D eigenvalue weighted by atomic mass is 10.0. The number of amides is 4. The fourth-order valence-corrected chi connectivity index (χ4v) is 3.98. The molecule has 36 heavy (non-hydrogen) atoms. The van der Waals surface area contributed by atoms with E-state index in [2.05, 4.69) is 16.0 Å². The summed E-state index contributed by atoms with van der Waals surface area (Å²) in [6.45, 7) is 4.79. The van der Waals surface area contributed by atoms with Crippen molar-refractivity contribution in [3.8, 4) is 5.75 Å². The van der Waals surface area contributed by atoms with Crippen LogP contribution in [0.15, 0.2) is 24.3 Å². The third-order valence-electron chi connectivity index (χ3n) is 5.75. The number of methoxy groups -OCH3 is 1. The molecule has 1 fully saturated rings. The second-order valence-corrected chi connectivity index (χ2v) is 8.91. The lowest BCUT2D eigenvalue weighted by Crippen LogP contribution is -2.56. The Bertz CT molecular complexity index is 994. The summed E-state index contributed by atoms with van der Waals surface area (Å²) in [5, 5.41) is 16.7. The number of benzene rings is 1. The number of nitrogens with zero attached hydrogens (tertiary/aromatic N) is 1. The number of carboxylic acids is 1. The van der Waals surface area contributed by atoms with Crippen molar-refractivity contribution in [2.24, 2.45) is 5.92 Å². The second kappa shape index (κ2) is 12.7. The number of carboxylic acid groups (broad SMARTS) is 1. The first-order chi connectivity index (χ1) is 17.0. The maximum atomic E-state index is 13.6. The Labute approximate surface area is 208 Å². The van der Waals surface area contributed by atoms with Crippen LogP contribution in [0.25, 0.3) is 0 Å². The average Bonchev–Trinajstić information content (AvgIpc) is 3.24. The van der Waals surface area contributed by atoms with Crippen molar-refractivity contribution < 1.29 is 38.6 Å². The predicted molar refractivity (Wildman–Crippen MR) is 127 cm³/mol. The normalized spacial score (nSPS) is 18.6. The topological polar surface area (TPSA) is 171 Å². The van der Waals surface area contributed by atoms with Crippen LogP contribution >= 0.6 is 0 Å². The minimum atomic E-state index is -1.28. The molecule has 1 aromatic rings. The average molecular weight is 505 g/mol. The highest BCUT2D eigenvalue weighted by Crippen LogP contribution is 2.22. The number of carbonyl (C=O) groups is 6. The first-order valence-electron chi connectivity index (χ1n) is 11.5.